The molecule has 2 heterocycles. The average Bonchev–Trinajstić information content (AvgIpc) is 2.72. The number of hydrogen-bond acceptors (Lipinski definition) is 5. The highest BCUT2D eigenvalue weighted by molar-refractivity contribution is 7.16. The summed E-state index contributed by atoms with van der Waals surface area (Å²) in [7, 11) is 0. The molecule has 2 N–H and O–H groups in total. The van der Waals surface area contributed by atoms with Crippen molar-refractivity contribution in [3.63, 3.8) is 0 Å². The summed E-state index contributed by atoms with van der Waals surface area (Å²) >= 11 is 1.67. The van der Waals surface area contributed by atoms with Crippen LogP contribution in [-0.4, -0.2) is 29.1 Å². The third kappa shape index (κ3) is 2.00. The summed E-state index contributed by atoms with van der Waals surface area (Å²) in [5.74, 6) is 0.843. The molecule has 2 aromatic rings. The second-order valence-electron chi connectivity index (χ2n) is 4.42. The van der Waals surface area contributed by atoms with E-state index >= 15 is 0 Å². The van der Waals surface area contributed by atoms with Crippen LogP contribution in [0.2, 0.25) is 0 Å². The van der Waals surface area contributed by atoms with Gasteiger partial charge in [-0.1, -0.05) is 0 Å². The highest BCUT2D eigenvalue weighted by atomic mass is 32.1. The molecule has 0 unspecified atom stereocenters. The maximum absolute atomic E-state index is 5.68. The molecule has 1 aliphatic rings. The second kappa shape index (κ2) is 4.58. The molecular formula is C12H16N4S. The fourth-order valence-electron chi connectivity index (χ4n) is 2.17. The van der Waals surface area contributed by atoms with Crippen LogP contribution in [0, 0.1) is 0 Å². The molecule has 4 nitrogen and oxygen atoms in total. The minimum atomic E-state index is 0.593. The van der Waals surface area contributed by atoms with Crippen molar-refractivity contribution >= 4 is 27.5 Å². The first-order chi connectivity index (χ1) is 8.38. The zero-order valence-electron chi connectivity index (χ0n) is 9.67. The van der Waals surface area contributed by atoms with Gasteiger partial charge in [-0.3, -0.25) is 0 Å². The lowest BCUT2D eigenvalue weighted by atomic mass is 9.91. The van der Waals surface area contributed by atoms with Gasteiger partial charge in [0, 0.05) is 30.7 Å². The van der Waals surface area contributed by atoms with Gasteiger partial charge in [-0.05, 0) is 30.7 Å². The molecule has 2 aromatic heterocycles. The minimum absolute atomic E-state index is 0.593. The van der Waals surface area contributed by atoms with E-state index in [1.807, 2.05) is 6.20 Å². The molecule has 1 aliphatic carbocycles. The number of nitrogens with two attached hydrogens (primary N) is 1. The van der Waals surface area contributed by atoms with Crippen LogP contribution in [0.4, 0.5) is 5.95 Å². The summed E-state index contributed by atoms with van der Waals surface area (Å²) in [6.07, 6.45) is 5.71. The van der Waals surface area contributed by atoms with Crippen LogP contribution in [0.15, 0.2) is 17.6 Å². The largest absolute Gasteiger partial charge is 0.337 e. The number of fused-ring (bicyclic) bond motifs is 1. The SMILES string of the molecule is NCCN(c1ncc2ccsc2n1)C1CCC1. The first kappa shape index (κ1) is 10.9. The van der Waals surface area contributed by atoms with Gasteiger partial charge >= 0.3 is 0 Å². The van der Waals surface area contributed by atoms with Crippen molar-refractivity contribution in [3.8, 4) is 0 Å². The number of anilines is 1. The van der Waals surface area contributed by atoms with E-state index in [0.29, 0.717) is 12.6 Å². The number of thiophene rings is 1. The molecule has 0 radical (unpaired) electrons. The molecule has 0 aliphatic heterocycles. The Bertz CT molecular complexity index is 506. The Balaban J connectivity index is 1.92. The quantitative estimate of drug-likeness (QED) is 0.899. The van der Waals surface area contributed by atoms with Crippen LogP contribution in [0.1, 0.15) is 19.3 Å². The van der Waals surface area contributed by atoms with Crippen LogP contribution in [0.25, 0.3) is 10.2 Å². The van der Waals surface area contributed by atoms with E-state index in [0.717, 1.165) is 22.7 Å². The average molecular weight is 248 g/mol. The maximum Gasteiger partial charge on any atom is 0.226 e. The van der Waals surface area contributed by atoms with Crippen molar-refractivity contribution in [2.75, 3.05) is 18.0 Å². The minimum Gasteiger partial charge on any atom is -0.337 e. The third-order valence-corrected chi connectivity index (χ3v) is 4.16. The molecule has 0 bridgehead atoms. The molecule has 0 atom stereocenters. The molecule has 0 spiro atoms. The summed E-state index contributed by atoms with van der Waals surface area (Å²) in [6.45, 7) is 1.50. The van der Waals surface area contributed by atoms with Crippen LogP contribution < -0.4 is 10.6 Å². The maximum atomic E-state index is 5.68. The first-order valence-electron chi connectivity index (χ1n) is 6.05. The van der Waals surface area contributed by atoms with Crippen LogP contribution >= 0.6 is 11.3 Å². The molecule has 5 heteroatoms. The monoisotopic (exact) mass is 248 g/mol. The summed E-state index contributed by atoms with van der Waals surface area (Å²) in [5, 5.41) is 3.18. The fraction of sp³-hybridized carbons (Fsp3) is 0.500. The molecule has 17 heavy (non-hydrogen) atoms. The summed E-state index contributed by atoms with van der Waals surface area (Å²) < 4.78 is 0. The van der Waals surface area contributed by atoms with Crippen molar-refractivity contribution in [1.29, 1.82) is 0 Å². The standard InChI is InChI=1S/C12H16N4S/c13-5-6-16(10-2-1-3-10)12-14-8-9-4-7-17-11(9)15-12/h4,7-8,10H,1-3,5-6,13H2. The lowest BCUT2D eigenvalue weighted by Crippen LogP contribution is -2.43. The lowest BCUT2D eigenvalue weighted by molar-refractivity contribution is 0.384. The summed E-state index contributed by atoms with van der Waals surface area (Å²) in [5.41, 5.74) is 5.68. The molecular weight excluding hydrogens is 232 g/mol. The van der Waals surface area contributed by atoms with E-state index in [1.54, 1.807) is 11.3 Å². The predicted octanol–water partition coefficient (Wildman–Crippen LogP) is 2.01. The van der Waals surface area contributed by atoms with E-state index in [1.165, 1.54) is 19.3 Å². The van der Waals surface area contributed by atoms with Crippen molar-refractivity contribution in [2.45, 2.75) is 25.3 Å². The second-order valence-corrected chi connectivity index (χ2v) is 5.31. The smallest absolute Gasteiger partial charge is 0.226 e. The Hall–Kier alpha value is -1.20. The van der Waals surface area contributed by atoms with Gasteiger partial charge in [-0.2, -0.15) is 0 Å². The molecule has 90 valence electrons. The number of nitrogens with zero attached hydrogens (tertiary/aromatic N) is 3. The Labute approximate surface area is 104 Å². The fourth-order valence-corrected chi connectivity index (χ4v) is 2.90. The van der Waals surface area contributed by atoms with Crippen molar-refractivity contribution < 1.29 is 0 Å². The Morgan fingerprint density at radius 3 is 3.06 bits per heavy atom. The lowest BCUT2D eigenvalue weighted by Gasteiger charge is -2.37. The topological polar surface area (TPSA) is 55.0 Å². The molecule has 0 aromatic carbocycles. The zero-order chi connectivity index (χ0) is 11.7. The van der Waals surface area contributed by atoms with Crippen molar-refractivity contribution in [2.24, 2.45) is 5.73 Å². The van der Waals surface area contributed by atoms with E-state index in [9.17, 15) is 0 Å². The van der Waals surface area contributed by atoms with E-state index in [4.69, 9.17) is 5.73 Å². The predicted molar refractivity (Wildman–Crippen MR) is 71.5 cm³/mol. The number of hydrogen-bond donors (Lipinski definition) is 1. The number of rotatable bonds is 4. The van der Waals surface area contributed by atoms with Gasteiger partial charge in [0.2, 0.25) is 5.95 Å². The Kier molecular flexibility index (Phi) is 2.94. The Morgan fingerprint density at radius 2 is 2.35 bits per heavy atom. The molecule has 1 fully saturated rings. The zero-order valence-corrected chi connectivity index (χ0v) is 10.5. The molecule has 3 rings (SSSR count). The third-order valence-electron chi connectivity index (χ3n) is 3.34. The summed E-state index contributed by atoms with van der Waals surface area (Å²) in [6, 6.07) is 2.65. The Morgan fingerprint density at radius 1 is 1.47 bits per heavy atom. The van der Waals surface area contributed by atoms with Crippen LogP contribution in [0.3, 0.4) is 0 Å². The van der Waals surface area contributed by atoms with Crippen LogP contribution in [-0.2, 0) is 0 Å². The highest BCUT2D eigenvalue weighted by Crippen LogP contribution is 2.28. The van der Waals surface area contributed by atoms with Gasteiger partial charge < -0.3 is 10.6 Å². The van der Waals surface area contributed by atoms with Crippen molar-refractivity contribution in [3.05, 3.63) is 17.6 Å². The van der Waals surface area contributed by atoms with E-state index in [-0.39, 0.29) is 0 Å². The summed E-state index contributed by atoms with van der Waals surface area (Å²) in [4.78, 5) is 12.4. The van der Waals surface area contributed by atoms with Gasteiger partial charge in [0.25, 0.3) is 0 Å². The van der Waals surface area contributed by atoms with Gasteiger partial charge in [0.1, 0.15) is 4.83 Å². The van der Waals surface area contributed by atoms with E-state index in [2.05, 4.69) is 26.3 Å². The van der Waals surface area contributed by atoms with Crippen molar-refractivity contribution in [1.82, 2.24) is 9.97 Å². The van der Waals surface area contributed by atoms with Crippen LogP contribution in [0.5, 0.6) is 0 Å². The van der Waals surface area contributed by atoms with Gasteiger partial charge in [-0.15, -0.1) is 11.3 Å². The first-order valence-corrected chi connectivity index (χ1v) is 6.93. The van der Waals surface area contributed by atoms with Gasteiger partial charge in [0.15, 0.2) is 0 Å². The molecule has 0 saturated heterocycles. The van der Waals surface area contributed by atoms with Gasteiger partial charge in [-0.25, -0.2) is 9.97 Å². The van der Waals surface area contributed by atoms with E-state index < -0.39 is 0 Å². The molecule has 0 amide bonds. The normalized spacial score (nSPS) is 16.1. The molecule has 1 saturated carbocycles. The van der Waals surface area contributed by atoms with Gasteiger partial charge in [0.05, 0.1) is 0 Å². The number of aromatic nitrogens is 2. The highest BCUT2D eigenvalue weighted by Gasteiger charge is 2.26.